The van der Waals surface area contributed by atoms with Crippen LogP contribution >= 0.6 is 0 Å². The Labute approximate surface area is 123 Å². The molecule has 106 valence electrons. The summed E-state index contributed by atoms with van der Waals surface area (Å²) in [7, 11) is 1.65. The third-order valence-electron chi connectivity index (χ3n) is 3.57. The van der Waals surface area contributed by atoms with Crippen LogP contribution in [0.5, 0.6) is 5.75 Å². The molecule has 0 aliphatic rings. The first-order chi connectivity index (χ1) is 10.3. The fourth-order valence-corrected chi connectivity index (χ4v) is 2.53. The fourth-order valence-electron chi connectivity index (χ4n) is 2.53. The number of methoxy groups -OCH3 is 1. The summed E-state index contributed by atoms with van der Waals surface area (Å²) < 4.78 is 5.28. The number of benzene rings is 2. The topological polar surface area (TPSA) is 60.2 Å². The van der Waals surface area contributed by atoms with Gasteiger partial charge in [0.1, 0.15) is 5.75 Å². The van der Waals surface area contributed by atoms with Crippen molar-refractivity contribution in [3.63, 3.8) is 0 Å². The first-order valence-corrected chi connectivity index (χ1v) is 6.77. The SMILES string of the molecule is COc1cccc(C(NN)c2nccc3ccccc23)c1. The number of hydrogen-bond acceptors (Lipinski definition) is 4. The second-order valence-electron chi connectivity index (χ2n) is 4.79. The molecule has 0 spiro atoms. The zero-order chi connectivity index (χ0) is 14.7. The Hall–Kier alpha value is -2.43. The average Bonchev–Trinajstić information content (AvgIpc) is 2.56. The second kappa shape index (κ2) is 5.91. The average molecular weight is 279 g/mol. The molecule has 0 radical (unpaired) electrons. The van der Waals surface area contributed by atoms with Gasteiger partial charge in [-0.05, 0) is 29.1 Å². The number of hydrogen-bond donors (Lipinski definition) is 2. The van der Waals surface area contributed by atoms with Gasteiger partial charge in [-0.15, -0.1) is 0 Å². The molecule has 0 aliphatic carbocycles. The number of aromatic nitrogens is 1. The predicted molar refractivity (Wildman–Crippen MR) is 83.9 cm³/mol. The number of nitrogens with two attached hydrogens (primary N) is 1. The molecule has 0 fully saturated rings. The van der Waals surface area contributed by atoms with Crippen molar-refractivity contribution < 1.29 is 4.74 Å². The van der Waals surface area contributed by atoms with Gasteiger partial charge in [0.2, 0.25) is 0 Å². The fraction of sp³-hybridized carbons (Fsp3) is 0.118. The number of hydrazine groups is 1. The largest absolute Gasteiger partial charge is 0.497 e. The van der Waals surface area contributed by atoms with Gasteiger partial charge >= 0.3 is 0 Å². The minimum absolute atomic E-state index is 0.189. The molecule has 1 heterocycles. The number of ether oxygens (including phenoxy) is 1. The van der Waals surface area contributed by atoms with Crippen LogP contribution in [0.4, 0.5) is 0 Å². The van der Waals surface area contributed by atoms with Crippen molar-refractivity contribution in [2.45, 2.75) is 6.04 Å². The minimum atomic E-state index is -0.189. The smallest absolute Gasteiger partial charge is 0.119 e. The van der Waals surface area contributed by atoms with E-state index in [1.165, 1.54) is 0 Å². The number of nitrogens with one attached hydrogen (secondary N) is 1. The van der Waals surface area contributed by atoms with E-state index in [9.17, 15) is 0 Å². The van der Waals surface area contributed by atoms with E-state index in [2.05, 4.69) is 22.5 Å². The second-order valence-corrected chi connectivity index (χ2v) is 4.79. The van der Waals surface area contributed by atoms with Gasteiger partial charge in [0.15, 0.2) is 0 Å². The highest BCUT2D eigenvalue weighted by Crippen LogP contribution is 2.28. The molecule has 1 unspecified atom stereocenters. The van der Waals surface area contributed by atoms with Crippen LogP contribution in [-0.4, -0.2) is 12.1 Å². The van der Waals surface area contributed by atoms with Gasteiger partial charge in [-0.3, -0.25) is 10.8 Å². The van der Waals surface area contributed by atoms with Gasteiger partial charge in [0.05, 0.1) is 18.8 Å². The molecular weight excluding hydrogens is 262 g/mol. The highest BCUT2D eigenvalue weighted by atomic mass is 16.5. The zero-order valence-electron chi connectivity index (χ0n) is 11.8. The van der Waals surface area contributed by atoms with Crippen molar-refractivity contribution >= 4 is 10.8 Å². The van der Waals surface area contributed by atoms with Crippen molar-refractivity contribution in [3.05, 3.63) is 72.1 Å². The van der Waals surface area contributed by atoms with E-state index in [-0.39, 0.29) is 6.04 Å². The Balaban J connectivity index is 2.13. The van der Waals surface area contributed by atoms with E-state index in [0.29, 0.717) is 0 Å². The summed E-state index contributed by atoms with van der Waals surface area (Å²) in [6, 6.07) is 17.8. The van der Waals surface area contributed by atoms with Crippen LogP contribution in [0.15, 0.2) is 60.8 Å². The van der Waals surface area contributed by atoms with Crippen molar-refractivity contribution in [2.24, 2.45) is 5.84 Å². The molecule has 1 aromatic heterocycles. The summed E-state index contributed by atoms with van der Waals surface area (Å²) >= 11 is 0. The maximum absolute atomic E-state index is 5.79. The molecule has 1 atom stereocenters. The number of nitrogens with zero attached hydrogens (tertiary/aromatic N) is 1. The lowest BCUT2D eigenvalue weighted by atomic mass is 9.99. The molecule has 0 aliphatic heterocycles. The first kappa shape index (κ1) is 13.5. The van der Waals surface area contributed by atoms with Gasteiger partial charge in [0.25, 0.3) is 0 Å². The van der Waals surface area contributed by atoms with E-state index in [1.54, 1.807) is 7.11 Å². The lowest BCUT2D eigenvalue weighted by Gasteiger charge is -2.18. The number of fused-ring (bicyclic) bond motifs is 1. The van der Waals surface area contributed by atoms with Gasteiger partial charge in [-0.25, -0.2) is 5.43 Å². The molecule has 4 heteroatoms. The molecule has 4 nitrogen and oxygen atoms in total. The van der Waals surface area contributed by atoms with Crippen LogP contribution < -0.4 is 16.0 Å². The van der Waals surface area contributed by atoms with Crippen LogP contribution in [0.3, 0.4) is 0 Å². The summed E-state index contributed by atoms with van der Waals surface area (Å²) in [5, 5.41) is 2.23. The molecule has 3 N–H and O–H groups in total. The van der Waals surface area contributed by atoms with Crippen LogP contribution in [0.2, 0.25) is 0 Å². The molecule has 0 bridgehead atoms. The van der Waals surface area contributed by atoms with Crippen LogP contribution in [-0.2, 0) is 0 Å². The normalized spacial score (nSPS) is 12.3. The summed E-state index contributed by atoms with van der Waals surface area (Å²) in [5.74, 6) is 6.59. The van der Waals surface area contributed by atoms with Crippen LogP contribution in [0.1, 0.15) is 17.3 Å². The van der Waals surface area contributed by atoms with Gasteiger partial charge in [-0.2, -0.15) is 0 Å². The van der Waals surface area contributed by atoms with Crippen LogP contribution in [0.25, 0.3) is 10.8 Å². The van der Waals surface area contributed by atoms with E-state index >= 15 is 0 Å². The summed E-state index contributed by atoms with van der Waals surface area (Å²) in [4.78, 5) is 4.53. The highest BCUT2D eigenvalue weighted by Gasteiger charge is 2.17. The Bertz CT molecular complexity index is 752. The minimum Gasteiger partial charge on any atom is -0.497 e. The summed E-state index contributed by atoms with van der Waals surface area (Å²) in [5.41, 5.74) is 4.78. The standard InChI is InChI=1S/C17H17N3O/c1-21-14-7-4-6-13(11-14)16(20-18)17-15-8-3-2-5-12(15)9-10-19-17/h2-11,16,20H,18H2,1H3. The third-order valence-corrected chi connectivity index (χ3v) is 3.57. The van der Waals surface area contributed by atoms with Crippen LogP contribution in [0, 0.1) is 0 Å². The summed E-state index contributed by atoms with van der Waals surface area (Å²) in [6.07, 6.45) is 1.81. The Morgan fingerprint density at radius 2 is 1.95 bits per heavy atom. The van der Waals surface area contributed by atoms with E-state index in [4.69, 9.17) is 10.6 Å². The maximum Gasteiger partial charge on any atom is 0.119 e. The first-order valence-electron chi connectivity index (χ1n) is 6.77. The molecule has 0 saturated heterocycles. The third kappa shape index (κ3) is 2.59. The maximum atomic E-state index is 5.79. The van der Waals surface area contributed by atoms with Gasteiger partial charge in [0, 0.05) is 11.6 Å². The monoisotopic (exact) mass is 279 g/mol. The predicted octanol–water partition coefficient (Wildman–Crippen LogP) is 2.80. The molecule has 3 rings (SSSR count). The molecule has 3 aromatic rings. The molecular formula is C17H17N3O. The van der Waals surface area contributed by atoms with E-state index < -0.39 is 0 Å². The highest BCUT2D eigenvalue weighted by molar-refractivity contribution is 5.85. The lowest BCUT2D eigenvalue weighted by molar-refractivity contribution is 0.413. The Kier molecular flexibility index (Phi) is 3.81. The van der Waals surface area contributed by atoms with Crippen molar-refractivity contribution in [3.8, 4) is 5.75 Å². The molecule has 0 saturated carbocycles. The van der Waals surface area contributed by atoms with E-state index in [1.807, 2.05) is 48.7 Å². The van der Waals surface area contributed by atoms with Crippen molar-refractivity contribution in [1.82, 2.24) is 10.4 Å². The Morgan fingerprint density at radius 3 is 2.76 bits per heavy atom. The van der Waals surface area contributed by atoms with Crippen molar-refractivity contribution in [1.29, 1.82) is 0 Å². The Morgan fingerprint density at radius 1 is 1.10 bits per heavy atom. The number of rotatable bonds is 4. The number of pyridine rings is 1. The molecule has 0 amide bonds. The van der Waals surface area contributed by atoms with E-state index in [0.717, 1.165) is 27.8 Å². The van der Waals surface area contributed by atoms with Gasteiger partial charge < -0.3 is 4.74 Å². The van der Waals surface area contributed by atoms with Gasteiger partial charge in [-0.1, -0.05) is 36.4 Å². The van der Waals surface area contributed by atoms with Crippen molar-refractivity contribution in [2.75, 3.05) is 7.11 Å². The lowest BCUT2D eigenvalue weighted by Crippen LogP contribution is -2.29. The molecule has 21 heavy (non-hydrogen) atoms. The summed E-state index contributed by atoms with van der Waals surface area (Å²) in [6.45, 7) is 0. The zero-order valence-corrected chi connectivity index (χ0v) is 11.8. The quantitative estimate of drug-likeness (QED) is 0.569. The molecule has 2 aromatic carbocycles.